The zero-order chi connectivity index (χ0) is 76.0. The van der Waals surface area contributed by atoms with E-state index in [1.807, 2.05) is 21.1 Å². The van der Waals surface area contributed by atoms with E-state index >= 15 is 0 Å². The van der Waals surface area contributed by atoms with Gasteiger partial charge in [0.15, 0.2) is 6.10 Å². The summed E-state index contributed by atoms with van der Waals surface area (Å²) in [7, 11) is 5.95. The largest absolute Gasteiger partial charge is 0.477 e. The zero-order valence-electron chi connectivity index (χ0n) is 67.0. The minimum atomic E-state index is -1.54. The normalized spacial score (nSPS) is 14.0. The number of carboxylic acid groups (broad SMARTS) is 1. The molecule has 0 amide bonds. The van der Waals surface area contributed by atoms with Gasteiger partial charge in [-0.15, -0.1) is 0 Å². The van der Waals surface area contributed by atoms with Crippen LogP contribution < -0.4 is 0 Å². The van der Waals surface area contributed by atoms with Crippen molar-refractivity contribution in [2.45, 2.75) is 296 Å². The van der Waals surface area contributed by atoms with E-state index in [1.54, 1.807) is 0 Å². The monoisotopic (exact) mass is 1450 g/mol. The summed E-state index contributed by atoms with van der Waals surface area (Å²) in [5, 5.41) is 9.78. The van der Waals surface area contributed by atoms with Crippen LogP contribution >= 0.6 is 0 Å². The van der Waals surface area contributed by atoms with Crippen molar-refractivity contribution < 1.29 is 42.9 Å². The first-order valence-electron chi connectivity index (χ1n) is 41.2. The number of carbonyl (C=O) groups excluding carboxylic acids is 2. The lowest BCUT2D eigenvalue weighted by atomic mass is 10.0. The van der Waals surface area contributed by atoms with E-state index in [4.69, 9.17) is 18.9 Å². The van der Waals surface area contributed by atoms with E-state index < -0.39 is 24.3 Å². The smallest absolute Gasteiger partial charge is 0.361 e. The minimum Gasteiger partial charge on any atom is -0.477 e. The molecule has 9 heteroatoms. The SMILES string of the molecule is CC/C=C\C/C=C\C/C=C\C/C=C\C/C=C\C/C=C\C/C=C\C/C=C\C/C=C\C/C=C\C/C=C\C/C=C\CCCCC(=O)OC(COC(=O)CCCCCCCCCCCCCCCCCC/C=C\C/C=C\C/C=C\C/C=C\C/C=C\C/C=C\C/C=C\C/C=C\CC)COC(OCC[N+](C)(C)C)C(=O)O. The third kappa shape index (κ3) is 84.2. The van der Waals surface area contributed by atoms with Gasteiger partial charge in [-0.25, -0.2) is 4.79 Å². The number of allylic oxidation sites excluding steroid dienone is 40. The van der Waals surface area contributed by atoms with Crippen molar-refractivity contribution in [3.8, 4) is 0 Å². The molecule has 105 heavy (non-hydrogen) atoms. The van der Waals surface area contributed by atoms with Crippen LogP contribution in [-0.4, -0.2) is 87.4 Å². The fraction of sp³-hybridized carbons (Fsp3) is 0.552. The van der Waals surface area contributed by atoms with Crippen LogP contribution in [0.1, 0.15) is 284 Å². The van der Waals surface area contributed by atoms with Gasteiger partial charge in [0.2, 0.25) is 0 Å². The van der Waals surface area contributed by atoms with E-state index in [2.05, 4.69) is 257 Å². The van der Waals surface area contributed by atoms with Crippen molar-refractivity contribution in [1.82, 2.24) is 0 Å². The van der Waals surface area contributed by atoms with Crippen LogP contribution in [0.15, 0.2) is 243 Å². The summed E-state index contributed by atoms with van der Waals surface area (Å²) < 4.78 is 23.0. The number of carboxylic acids is 1. The number of carbonyl (C=O) groups is 3. The van der Waals surface area contributed by atoms with Crippen molar-refractivity contribution in [3.63, 3.8) is 0 Å². The van der Waals surface area contributed by atoms with Crippen LogP contribution in [-0.2, 0) is 33.3 Å². The molecule has 0 rings (SSSR count). The maximum Gasteiger partial charge on any atom is 0.361 e. The molecule has 0 aromatic rings. The van der Waals surface area contributed by atoms with Crippen LogP contribution in [0.2, 0.25) is 0 Å². The molecule has 0 aliphatic rings. The van der Waals surface area contributed by atoms with Crippen LogP contribution in [0.4, 0.5) is 0 Å². The van der Waals surface area contributed by atoms with Crippen LogP contribution in [0.5, 0.6) is 0 Å². The fourth-order valence-electron chi connectivity index (χ4n) is 10.4. The summed E-state index contributed by atoms with van der Waals surface area (Å²) in [4.78, 5) is 37.7. The summed E-state index contributed by atoms with van der Waals surface area (Å²) in [5.74, 6) is -2.08. The molecule has 586 valence electrons. The summed E-state index contributed by atoms with van der Waals surface area (Å²) in [6.07, 6.45) is 130. The van der Waals surface area contributed by atoms with E-state index in [0.29, 0.717) is 17.4 Å². The van der Waals surface area contributed by atoms with E-state index in [-0.39, 0.29) is 38.6 Å². The quantitative estimate of drug-likeness (QED) is 0.0211. The Kier molecular flexibility index (Phi) is 77.3. The number of aliphatic carboxylic acids is 1. The van der Waals surface area contributed by atoms with Gasteiger partial charge in [0.1, 0.15) is 13.2 Å². The molecular formula is C96H150NO8+. The highest BCUT2D eigenvalue weighted by molar-refractivity contribution is 5.71. The summed E-state index contributed by atoms with van der Waals surface area (Å²) in [6.45, 7) is 4.58. The Morgan fingerprint density at radius 2 is 0.514 bits per heavy atom. The molecule has 0 aromatic heterocycles. The molecule has 0 aliphatic carbocycles. The Labute approximate surface area is 643 Å². The maximum absolute atomic E-state index is 13.0. The molecule has 0 bridgehead atoms. The summed E-state index contributed by atoms with van der Waals surface area (Å²) in [6, 6.07) is 0. The van der Waals surface area contributed by atoms with Gasteiger partial charge in [-0.1, -0.05) is 347 Å². The molecule has 9 nitrogen and oxygen atoms in total. The molecule has 1 N–H and O–H groups in total. The van der Waals surface area contributed by atoms with Crippen LogP contribution in [0.25, 0.3) is 0 Å². The second-order valence-electron chi connectivity index (χ2n) is 27.6. The topological polar surface area (TPSA) is 108 Å². The van der Waals surface area contributed by atoms with Gasteiger partial charge in [-0.3, -0.25) is 9.59 Å². The Bertz CT molecular complexity index is 2640. The zero-order valence-corrected chi connectivity index (χ0v) is 67.0. The average molecular weight is 1450 g/mol. The molecule has 0 saturated carbocycles. The predicted octanol–water partition coefficient (Wildman–Crippen LogP) is 27.1. The average Bonchev–Trinajstić information content (AvgIpc) is 1.97. The lowest BCUT2D eigenvalue weighted by molar-refractivity contribution is -0.870. The second kappa shape index (κ2) is 82.7. The third-order valence-electron chi connectivity index (χ3n) is 16.6. The standard InChI is InChI=1S/C96H149NO8/c1-6-8-10-12-14-16-18-20-22-24-26-28-30-32-34-36-38-40-42-44-46-47-49-50-52-54-56-58-60-62-64-66-68-70-72-74-76-78-80-82-84-86-93(98)103-90-92(91-104-96(95(100)101)102-89-88-97(3,4)5)105-94(99)87-85-83-81-79-77-75-73-71-69-67-65-63-61-59-57-55-53-51-48-45-43-41-39-37-35-33-31-29-27-25-23-21-19-17-15-13-11-9-7-2/h8-11,14-17,20-23,26-29,32-35,38-41,44-46,48-50,53,55,59,61,65,67,71,73,77,79,92,96H,6-7,12-13,18-19,24-25,30-31,36-37,42-43,47,51-52,54,56-58,60,62-64,66,68-70,72,74-76,78,80-91H2,1-5H3/p+1/b10-8-,11-9-,16-14-,17-15-,22-20-,23-21-,28-26-,29-27-,34-32-,35-33-,40-38-,41-39-,46-44-,48-45-,50-49-,55-53-,61-59-,67-65-,73-71-,79-77-. The number of nitrogens with zero attached hydrogens (tertiary/aromatic N) is 1. The molecule has 2 unspecified atom stereocenters. The van der Waals surface area contributed by atoms with Crippen molar-refractivity contribution in [1.29, 1.82) is 0 Å². The summed E-state index contributed by atoms with van der Waals surface area (Å²) >= 11 is 0. The Morgan fingerprint density at radius 3 is 0.781 bits per heavy atom. The number of rotatable bonds is 73. The van der Waals surface area contributed by atoms with Gasteiger partial charge in [0.05, 0.1) is 34.4 Å². The number of quaternary nitrogens is 1. The predicted molar refractivity (Wildman–Crippen MR) is 455 cm³/mol. The first kappa shape index (κ1) is 98.1. The van der Waals surface area contributed by atoms with Crippen molar-refractivity contribution in [3.05, 3.63) is 243 Å². The van der Waals surface area contributed by atoms with Crippen molar-refractivity contribution in [2.75, 3.05) is 47.5 Å². The Balaban J connectivity index is 4.18. The van der Waals surface area contributed by atoms with Gasteiger partial charge < -0.3 is 28.5 Å². The molecule has 2 atom stereocenters. The third-order valence-corrected chi connectivity index (χ3v) is 16.6. The number of hydrogen-bond donors (Lipinski definition) is 1. The van der Waals surface area contributed by atoms with Gasteiger partial charge in [0, 0.05) is 12.8 Å². The number of likely N-dealkylation sites (N-methyl/N-ethyl adjacent to an activating group) is 1. The molecule has 0 aromatic carbocycles. The van der Waals surface area contributed by atoms with Crippen molar-refractivity contribution >= 4 is 17.9 Å². The van der Waals surface area contributed by atoms with Gasteiger partial charge in [-0.2, -0.15) is 0 Å². The van der Waals surface area contributed by atoms with Gasteiger partial charge in [-0.05, 0) is 167 Å². The maximum atomic E-state index is 13.0. The first-order chi connectivity index (χ1) is 51.6. The molecule has 0 aliphatic heterocycles. The molecule has 0 fully saturated rings. The number of ether oxygens (including phenoxy) is 4. The minimum absolute atomic E-state index is 0.167. The molecule has 0 radical (unpaired) electrons. The van der Waals surface area contributed by atoms with Crippen molar-refractivity contribution in [2.24, 2.45) is 0 Å². The number of unbranched alkanes of at least 4 members (excludes halogenated alkanes) is 18. The molecule has 0 saturated heterocycles. The second-order valence-corrected chi connectivity index (χ2v) is 27.6. The lowest BCUT2D eigenvalue weighted by Crippen LogP contribution is -2.40. The highest BCUT2D eigenvalue weighted by Gasteiger charge is 2.25. The van der Waals surface area contributed by atoms with E-state index in [9.17, 15) is 19.5 Å². The lowest BCUT2D eigenvalue weighted by Gasteiger charge is -2.25. The molecular weight excluding hydrogens is 1300 g/mol. The molecule has 0 heterocycles. The van der Waals surface area contributed by atoms with Crippen LogP contribution in [0, 0.1) is 0 Å². The number of hydrogen-bond acceptors (Lipinski definition) is 7. The Morgan fingerprint density at radius 1 is 0.286 bits per heavy atom. The molecule has 0 spiro atoms. The van der Waals surface area contributed by atoms with Gasteiger partial charge >= 0.3 is 17.9 Å². The van der Waals surface area contributed by atoms with Gasteiger partial charge in [0.25, 0.3) is 6.29 Å². The highest BCUT2D eigenvalue weighted by atomic mass is 16.7. The fourth-order valence-corrected chi connectivity index (χ4v) is 10.4. The number of esters is 2. The van der Waals surface area contributed by atoms with E-state index in [0.717, 1.165) is 161 Å². The Hall–Kier alpha value is -6.91. The highest BCUT2D eigenvalue weighted by Crippen LogP contribution is 2.16. The first-order valence-corrected chi connectivity index (χ1v) is 41.2. The van der Waals surface area contributed by atoms with Crippen LogP contribution in [0.3, 0.4) is 0 Å². The summed E-state index contributed by atoms with van der Waals surface area (Å²) in [5.41, 5.74) is 0. The van der Waals surface area contributed by atoms with E-state index in [1.165, 1.54) is 89.9 Å².